The second-order valence-electron chi connectivity index (χ2n) is 7.19. The van der Waals surface area contributed by atoms with Gasteiger partial charge in [0, 0.05) is 10.0 Å². The number of aryl methyl sites for hydroxylation is 1. The number of ether oxygens (including phenoxy) is 3. The number of halogens is 1. The maximum absolute atomic E-state index is 12.3. The first-order valence-corrected chi connectivity index (χ1v) is 10.6. The van der Waals surface area contributed by atoms with Crippen molar-refractivity contribution in [1.29, 1.82) is 0 Å². The lowest BCUT2D eigenvalue weighted by Crippen LogP contribution is -1.99. The first-order valence-electron chi connectivity index (χ1n) is 9.80. The maximum Gasteiger partial charge on any atom is 0.343 e. The van der Waals surface area contributed by atoms with Crippen molar-refractivity contribution in [3.63, 3.8) is 0 Å². The van der Waals surface area contributed by atoms with Gasteiger partial charge in [-0.05, 0) is 54.5 Å². The number of carbonyl (C=O) groups excluding carboxylic acids is 1. The van der Waals surface area contributed by atoms with Crippen LogP contribution in [0.2, 0.25) is 0 Å². The summed E-state index contributed by atoms with van der Waals surface area (Å²) in [5, 5.41) is 0. The van der Waals surface area contributed by atoms with E-state index in [2.05, 4.69) is 15.9 Å². The minimum atomic E-state index is -0.370. The average Bonchev–Trinajstić information content (AvgIpc) is 3.14. The summed E-state index contributed by atoms with van der Waals surface area (Å²) >= 11 is 3.43. The van der Waals surface area contributed by atoms with Gasteiger partial charge in [0.25, 0.3) is 0 Å². The Hall–Kier alpha value is -3.31. The maximum atomic E-state index is 12.3. The van der Waals surface area contributed by atoms with Crippen LogP contribution in [-0.4, -0.2) is 13.1 Å². The van der Waals surface area contributed by atoms with Gasteiger partial charge in [0.1, 0.15) is 12.4 Å². The number of cyclic esters (lactones) is 1. The number of benzene rings is 3. The Morgan fingerprint density at radius 3 is 2.42 bits per heavy atom. The van der Waals surface area contributed by atoms with Gasteiger partial charge in [-0.2, -0.15) is 0 Å². The number of esters is 1. The molecule has 0 aliphatic carbocycles. The third kappa shape index (κ3) is 5.06. The Kier molecular flexibility index (Phi) is 6.23. The summed E-state index contributed by atoms with van der Waals surface area (Å²) in [7, 11) is 1.60. The van der Waals surface area contributed by atoms with Crippen molar-refractivity contribution >= 4 is 33.7 Å². The number of rotatable bonds is 6. The number of hydrogen-bond acceptors (Lipinski definition) is 4. The van der Waals surface area contributed by atoms with Crippen molar-refractivity contribution in [2.75, 3.05) is 7.11 Å². The largest absolute Gasteiger partial charge is 0.493 e. The van der Waals surface area contributed by atoms with Crippen LogP contribution in [0, 0.1) is 6.92 Å². The molecule has 3 aromatic carbocycles. The zero-order valence-electron chi connectivity index (χ0n) is 17.2. The average molecular weight is 477 g/mol. The van der Waals surface area contributed by atoms with Crippen LogP contribution in [0.4, 0.5) is 0 Å². The summed E-state index contributed by atoms with van der Waals surface area (Å²) in [6, 6.07) is 21.4. The van der Waals surface area contributed by atoms with Gasteiger partial charge in [-0.25, -0.2) is 4.79 Å². The lowest BCUT2D eigenvalue weighted by atomic mass is 10.1. The summed E-state index contributed by atoms with van der Waals surface area (Å²) in [4.78, 5) is 12.3. The molecular weight excluding hydrogens is 456 g/mol. The third-order valence-corrected chi connectivity index (χ3v) is 5.41. The Bertz CT molecular complexity index is 1160. The van der Waals surface area contributed by atoms with E-state index in [1.165, 1.54) is 0 Å². The van der Waals surface area contributed by atoms with Crippen LogP contribution in [0.15, 0.2) is 82.9 Å². The van der Waals surface area contributed by atoms with E-state index >= 15 is 0 Å². The zero-order valence-corrected chi connectivity index (χ0v) is 18.8. The molecule has 3 aromatic rings. The fourth-order valence-corrected chi connectivity index (χ4v) is 3.43. The van der Waals surface area contributed by atoms with Gasteiger partial charge in [0.15, 0.2) is 11.5 Å². The van der Waals surface area contributed by atoms with E-state index < -0.39 is 0 Å². The first kappa shape index (κ1) is 20.9. The number of methoxy groups -OCH3 is 1. The standard InChI is InChI=1S/C26H21BrO4/c1-17-3-8-20(9-4-17)24-15-21(26(28)31-24)13-19-7-12-23(25(14-19)29-2)30-16-18-5-10-22(27)11-6-18/h3-15H,16H2,1-2H3/b21-13-. The van der Waals surface area contributed by atoms with Gasteiger partial charge in [-0.1, -0.05) is 64.0 Å². The quantitative estimate of drug-likeness (QED) is 0.308. The van der Waals surface area contributed by atoms with Crippen molar-refractivity contribution in [2.45, 2.75) is 13.5 Å². The lowest BCUT2D eigenvalue weighted by Gasteiger charge is -2.11. The van der Waals surface area contributed by atoms with Gasteiger partial charge in [0.2, 0.25) is 0 Å². The Labute approximate surface area is 189 Å². The number of hydrogen-bond donors (Lipinski definition) is 0. The fourth-order valence-electron chi connectivity index (χ4n) is 3.16. The highest BCUT2D eigenvalue weighted by Gasteiger charge is 2.22. The molecule has 0 saturated carbocycles. The summed E-state index contributed by atoms with van der Waals surface area (Å²) in [6.07, 6.45) is 3.54. The molecule has 0 spiro atoms. The van der Waals surface area contributed by atoms with Crippen molar-refractivity contribution < 1.29 is 19.0 Å². The van der Waals surface area contributed by atoms with Gasteiger partial charge >= 0.3 is 5.97 Å². The van der Waals surface area contributed by atoms with E-state index in [0.29, 0.717) is 29.4 Å². The fraction of sp³-hybridized carbons (Fsp3) is 0.115. The smallest absolute Gasteiger partial charge is 0.343 e. The Morgan fingerprint density at radius 2 is 1.71 bits per heavy atom. The van der Waals surface area contributed by atoms with Crippen molar-refractivity contribution in [1.82, 2.24) is 0 Å². The Balaban J connectivity index is 1.52. The molecule has 0 radical (unpaired) electrons. The molecule has 1 aliphatic rings. The van der Waals surface area contributed by atoms with Crippen LogP contribution in [0.25, 0.3) is 11.8 Å². The molecule has 31 heavy (non-hydrogen) atoms. The van der Waals surface area contributed by atoms with Crippen molar-refractivity contribution in [3.05, 3.63) is 105 Å². The molecule has 0 bridgehead atoms. The number of carbonyl (C=O) groups is 1. The highest BCUT2D eigenvalue weighted by Crippen LogP contribution is 2.32. The molecule has 156 valence electrons. The third-order valence-electron chi connectivity index (χ3n) is 4.88. The van der Waals surface area contributed by atoms with Crippen LogP contribution in [0.3, 0.4) is 0 Å². The predicted molar refractivity (Wildman–Crippen MR) is 125 cm³/mol. The van der Waals surface area contributed by atoms with E-state index in [1.54, 1.807) is 19.3 Å². The van der Waals surface area contributed by atoms with Gasteiger partial charge in [0.05, 0.1) is 12.7 Å². The lowest BCUT2D eigenvalue weighted by molar-refractivity contribution is -0.130. The minimum absolute atomic E-state index is 0.370. The predicted octanol–water partition coefficient (Wildman–Crippen LogP) is 6.33. The van der Waals surface area contributed by atoms with Crippen LogP contribution in [0.1, 0.15) is 22.3 Å². The van der Waals surface area contributed by atoms with E-state index in [4.69, 9.17) is 14.2 Å². The van der Waals surface area contributed by atoms with Crippen molar-refractivity contribution in [2.24, 2.45) is 0 Å². The highest BCUT2D eigenvalue weighted by atomic mass is 79.9. The van der Waals surface area contributed by atoms with E-state index in [9.17, 15) is 4.79 Å². The van der Waals surface area contributed by atoms with Crippen LogP contribution in [-0.2, 0) is 16.1 Å². The molecule has 0 atom stereocenters. The molecule has 5 heteroatoms. The summed E-state index contributed by atoms with van der Waals surface area (Å²) in [5.41, 5.74) is 4.39. The topological polar surface area (TPSA) is 44.8 Å². The molecule has 0 fully saturated rings. The first-order chi connectivity index (χ1) is 15.0. The molecule has 0 amide bonds. The second-order valence-corrected chi connectivity index (χ2v) is 8.10. The SMILES string of the molecule is COc1cc(/C=C2/C=C(c3ccc(C)cc3)OC2=O)ccc1OCc1ccc(Br)cc1. The van der Waals surface area contributed by atoms with Gasteiger partial charge in [-0.15, -0.1) is 0 Å². The molecule has 1 heterocycles. The minimum Gasteiger partial charge on any atom is -0.493 e. The van der Waals surface area contributed by atoms with E-state index in [1.807, 2.05) is 73.7 Å². The van der Waals surface area contributed by atoms with Crippen LogP contribution >= 0.6 is 15.9 Å². The molecule has 1 aliphatic heterocycles. The molecule has 4 nitrogen and oxygen atoms in total. The van der Waals surface area contributed by atoms with Crippen LogP contribution in [0.5, 0.6) is 11.5 Å². The van der Waals surface area contributed by atoms with Gasteiger partial charge < -0.3 is 14.2 Å². The highest BCUT2D eigenvalue weighted by molar-refractivity contribution is 9.10. The van der Waals surface area contributed by atoms with E-state index in [-0.39, 0.29) is 5.97 Å². The summed E-state index contributed by atoms with van der Waals surface area (Å²) < 4.78 is 17.9. The molecular formula is C26H21BrO4. The second kappa shape index (κ2) is 9.23. The molecule has 0 unspecified atom stereocenters. The zero-order chi connectivity index (χ0) is 21.8. The monoisotopic (exact) mass is 476 g/mol. The molecule has 0 saturated heterocycles. The molecule has 0 aromatic heterocycles. The van der Waals surface area contributed by atoms with E-state index in [0.717, 1.165) is 26.7 Å². The molecule has 4 rings (SSSR count). The van der Waals surface area contributed by atoms with Crippen molar-refractivity contribution in [3.8, 4) is 11.5 Å². The summed E-state index contributed by atoms with van der Waals surface area (Å²) in [6.45, 7) is 2.45. The Morgan fingerprint density at radius 1 is 0.968 bits per heavy atom. The normalized spacial score (nSPS) is 14.4. The summed E-state index contributed by atoms with van der Waals surface area (Å²) in [5.74, 6) is 1.42. The molecule has 0 N–H and O–H groups in total. The van der Waals surface area contributed by atoms with Crippen LogP contribution < -0.4 is 9.47 Å². The van der Waals surface area contributed by atoms with Gasteiger partial charge in [-0.3, -0.25) is 0 Å².